The maximum Gasteiger partial charge on any atom is 0.0738 e. The zero-order valence-electron chi connectivity index (χ0n) is 10.1. The summed E-state index contributed by atoms with van der Waals surface area (Å²) >= 11 is 5.84. The van der Waals surface area contributed by atoms with Crippen molar-refractivity contribution in [3.8, 4) is 0 Å². The molecule has 1 aromatic carbocycles. The highest BCUT2D eigenvalue weighted by molar-refractivity contribution is 14.1. The lowest BCUT2D eigenvalue weighted by atomic mass is 10.0. The summed E-state index contributed by atoms with van der Waals surface area (Å²) in [6.45, 7) is 3.02. The fourth-order valence-electron chi connectivity index (χ4n) is 1.93. The Kier molecular flexibility index (Phi) is 4.80. The van der Waals surface area contributed by atoms with Crippen molar-refractivity contribution < 1.29 is 0 Å². The molecule has 0 bridgehead atoms. The van der Waals surface area contributed by atoms with Crippen LogP contribution in [-0.2, 0) is 6.54 Å². The van der Waals surface area contributed by atoms with Crippen molar-refractivity contribution >= 4 is 38.5 Å². The molecule has 2 N–H and O–H groups in total. The van der Waals surface area contributed by atoms with E-state index in [2.05, 4.69) is 68.7 Å². The first-order chi connectivity index (χ1) is 8.63. The Morgan fingerprint density at radius 3 is 2.94 bits per heavy atom. The molecule has 0 aliphatic heterocycles. The van der Waals surface area contributed by atoms with E-state index in [9.17, 15) is 0 Å². The van der Waals surface area contributed by atoms with Crippen molar-refractivity contribution in [3.05, 3.63) is 49.8 Å². The van der Waals surface area contributed by atoms with Gasteiger partial charge in [-0.2, -0.15) is 5.10 Å². The van der Waals surface area contributed by atoms with Crippen LogP contribution in [0.25, 0.3) is 0 Å². The first-order valence-electron chi connectivity index (χ1n) is 5.85. The molecule has 1 unspecified atom stereocenters. The Balaban J connectivity index is 2.39. The molecule has 0 saturated heterocycles. The van der Waals surface area contributed by atoms with Crippen LogP contribution in [0.2, 0.25) is 0 Å². The van der Waals surface area contributed by atoms with E-state index >= 15 is 0 Å². The number of hydrogen-bond acceptors (Lipinski definition) is 2. The van der Waals surface area contributed by atoms with Crippen LogP contribution in [0.4, 0.5) is 0 Å². The van der Waals surface area contributed by atoms with Gasteiger partial charge in [0.2, 0.25) is 0 Å². The molecule has 1 heterocycles. The molecule has 18 heavy (non-hydrogen) atoms. The molecule has 0 fully saturated rings. The van der Waals surface area contributed by atoms with Crippen molar-refractivity contribution in [3.63, 3.8) is 0 Å². The van der Waals surface area contributed by atoms with Crippen molar-refractivity contribution in [2.75, 3.05) is 0 Å². The molecule has 5 heteroatoms. The molecule has 96 valence electrons. The van der Waals surface area contributed by atoms with Gasteiger partial charge in [-0.15, -0.1) is 0 Å². The number of hydrogen-bond donors (Lipinski definition) is 1. The summed E-state index contributed by atoms with van der Waals surface area (Å²) in [5.74, 6) is 0. The van der Waals surface area contributed by atoms with Crippen molar-refractivity contribution in [1.29, 1.82) is 0 Å². The molecule has 0 spiro atoms. The highest BCUT2D eigenvalue weighted by Gasteiger charge is 2.18. The van der Waals surface area contributed by atoms with E-state index in [0.29, 0.717) is 0 Å². The van der Waals surface area contributed by atoms with Gasteiger partial charge >= 0.3 is 0 Å². The third kappa shape index (κ3) is 2.95. The standard InChI is InChI=1S/C13H15BrIN3/c1-2-6-18-13(11(14)8-17-18)12(16)9-4-3-5-10(15)7-9/h3-5,7-8,12H,2,6,16H2,1H3. The number of halogens is 2. The number of aromatic nitrogens is 2. The van der Waals surface area contributed by atoms with Crippen LogP contribution in [0.15, 0.2) is 34.9 Å². The van der Waals surface area contributed by atoms with Crippen LogP contribution in [0.3, 0.4) is 0 Å². The molecule has 2 aromatic rings. The summed E-state index contributed by atoms with van der Waals surface area (Å²) in [5, 5.41) is 4.36. The minimum Gasteiger partial charge on any atom is -0.319 e. The lowest BCUT2D eigenvalue weighted by molar-refractivity contribution is 0.559. The summed E-state index contributed by atoms with van der Waals surface area (Å²) in [7, 11) is 0. The highest BCUT2D eigenvalue weighted by atomic mass is 127. The van der Waals surface area contributed by atoms with E-state index in [1.807, 2.05) is 16.9 Å². The molecule has 2 rings (SSSR count). The fourth-order valence-corrected chi connectivity index (χ4v) is 3.04. The largest absolute Gasteiger partial charge is 0.319 e. The number of rotatable bonds is 4. The minimum atomic E-state index is -0.150. The van der Waals surface area contributed by atoms with Gasteiger partial charge in [-0.05, 0) is 62.6 Å². The normalized spacial score (nSPS) is 12.7. The average Bonchev–Trinajstić information content (AvgIpc) is 2.70. The Labute approximate surface area is 129 Å². The van der Waals surface area contributed by atoms with Crippen molar-refractivity contribution in [2.24, 2.45) is 5.73 Å². The molecule has 0 radical (unpaired) electrons. The second kappa shape index (κ2) is 6.16. The van der Waals surface area contributed by atoms with E-state index < -0.39 is 0 Å². The van der Waals surface area contributed by atoms with Gasteiger partial charge < -0.3 is 5.73 Å². The van der Waals surface area contributed by atoms with Crippen LogP contribution in [-0.4, -0.2) is 9.78 Å². The van der Waals surface area contributed by atoms with Gasteiger partial charge in [0.15, 0.2) is 0 Å². The zero-order chi connectivity index (χ0) is 13.1. The van der Waals surface area contributed by atoms with Crippen LogP contribution in [0, 0.1) is 3.57 Å². The number of nitrogens with zero attached hydrogens (tertiary/aromatic N) is 2. The SMILES string of the molecule is CCCn1ncc(Br)c1C(N)c1cccc(I)c1. The van der Waals surface area contributed by atoms with Gasteiger partial charge in [-0.25, -0.2) is 0 Å². The van der Waals surface area contributed by atoms with Crippen molar-refractivity contribution in [2.45, 2.75) is 25.9 Å². The van der Waals surface area contributed by atoms with E-state index in [4.69, 9.17) is 5.73 Å². The van der Waals surface area contributed by atoms with Gasteiger partial charge in [0, 0.05) is 10.1 Å². The van der Waals surface area contributed by atoms with Gasteiger partial charge in [0.25, 0.3) is 0 Å². The topological polar surface area (TPSA) is 43.8 Å². The summed E-state index contributed by atoms with van der Waals surface area (Å²) in [4.78, 5) is 0. The maximum absolute atomic E-state index is 6.37. The quantitative estimate of drug-likeness (QED) is 0.767. The number of benzene rings is 1. The van der Waals surface area contributed by atoms with E-state index in [1.54, 1.807) is 0 Å². The van der Waals surface area contributed by atoms with Crippen LogP contribution in [0.1, 0.15) is 30.6 Å². The van der Waals surface area contributed by atoms with E-state index in [0.717, 1.165) is 28.7 Å². The van der Waals surface area contributed by atoms with E-state index in [1.165, 1.54) is 3.57 Å². The molecule has 1 atom stereocenters. The Hall–Kier alpha value is -0.400. The van der Waals surface area contributed by atoms with Gasteiger partial charge in [0.05, 0.1) is 22.4 Å². The smallest absolute Gasteiger partial charge is 0.0738 e. The number of aryl methyl sites for hydroxylation is 1. The summed E-state index contributed by atoms with van der Waals surface area (Å²) in [5.41, 5.74) is 8.52. The van der Waals surface area contributed by atoms with Gasteiger partial charge in [-0.1, -0.05) is 19.1 Å². The van der Waals surface area contributed by atoms with Crippen LogP contribution >= 0.6 is 38.5 Å². The highest BCUT2D eigenvalue weighted by Crippen LogP contribution is 2.27. The van der Waals surface area contributed by atoms with Gasteiger partial charge in [0.1, 0.15) is 0 Å². The summed E-state index contributed by atoms with van der Waals surface area (Å²) in [6, 6.07) is 8.12. The molecule has 0 aliphatic rings. The molecular weight excluding hydrogens is 405 g/mol. The Bertz CT molecular complexity index is 539. The first-order valence-corrected chi connectivity index (χ1v) is 7.73. The second-order valence-corrected chi connectivity index (χ2v) is 6.23. The predicted octanol–water partition coefficient (Wildman–Crippen LogP) is 3.71. The molecule has 1 aromatic heterocycles. The number of nitrogens with two attached hydrogens (primary N) is 1. The average molecular weight is 420 g/mol. The fraction of sp³-hybridized carbons (Fsp3) is 0.308. The van der Waals surface area contributed by atoms with Gasteiger partial charge in [-0.3, -0.25) is 4.68 Å². The monoisotopic (exact) mass is 419 g/mol. The molecule has 0 aliphatic carbocycles. The molecular formula is C13H15BrIN3. The minimum absolute atomic E-state index is 0.150. The molecule has 0 amide bonds. The first kappa shape index (κ1) is 14.0. The van der Waals surface area contributed by atoms with Crippen LogP contribution < -0.4 is 5.73 Å². The van der Waals surface area contributed by atoms with Crippen molar-refractivity contribution in [1.82, 2.24) is 9.78 Å². The Morgan fingerprint density at radius 2 is 2.28 bits per heavy atom. The Morgan fingerprint density at radius 1 is 1.50 bits per heavy atom. The summed E-state index contributed by atoms with van der Waals surface area (Å²) < 4.78 is 4.15. The predicted molar refractivity (Wildman–Crippen MR) is 85.4 cm³/mol. The molecule has 0 saturated carbocycles. The lowest BCUT2D eigenvalue weighted by Crippen LogP contribution is -2.18. The second-order valence-electron chi connectivity index (χ2n) is 4.13. The third-order valence-corrected chi connectivity index (χ3v) is 4.05. The van der Waals surface area contributed by atoms with Crippen LogP contribution in [0.5, 0.6) is 0 Å². The van der Waals surface area contributed by atoms with E-state index in [-0.39, 0.29) is 6.04 Å². The third-order valence-electron chi connectivity index (χ3n) is 2.77. The lowest BCUT2D eigenvalue weighted by Gasteiger charge is -2.15. The summed E-state index contributed by atoms with van der Waals surface area (Å²) in [6.07, 6.45) is 2.86. The maximum atomic E-state index is 6.37. The zero-order valence-corrected chi connectivity index (χ0v) is 13.8. The molecule has 3 nitrogen and oxygen atoms in total.